The summed E-state index contributed by atoms with van der Waals surface area (Å²) in [5.41, 5.74) is 0. The predicted molar refractivity (Wildman–Crippen MR) is 67.2 cm³/mol. The maximum Gasteiger partial charge on any atom is 0.0249 e. The van der Waals surface area contributed by atoms with Crippen molar-refractivity contribution in [2.45, 2.75) is 77.5 Å². The molecular formula is C13H28N2. The molecule has 0 saturated heterocycles. The van der Waals surface area contributed by atoms with E-state index >= 15 is 0 Å². The van der Waals surface area contributed by atoms with Crippen molar-refractivity contribution in [2.24, 2.45) is 0 Å². The lowest BCUT2D eigenvalue weighted by molar-refractivity contribution is 0.116. The third-order valence-electron chi connectivity index (χ3n) is 3.61. The van der Waals surface area contributed by atoms with Gasteiger partial charge >= 0.3 is 0 Å². The normalized spacial score (nSPS) is 28.0. The summed E-state index contributed by atoms with van der Waals surface area (Å²) in [6, 6.07) is 2.70. The molecule has 0 aromatic heterocycles. The highest BCUT2D eigenvalue weighted by molar-refractivity contribution is 4.88. The van der Waals surface area contributed by atoms with E-state index in [-0.39, 0.29) is 0 Å². The number of nitrogens with one attached hydrogen (secondary N) is 1. The molecule has 90 valence electrons. The van der Waals surface area contributed by atoms with Gasteiger partial charge in [-0.05, 0) is 33.7 Å². The summed E-state index contributed by atoms with van der Waals surface area (Å²) >= 11 is 0. The van der Waals surface area contributed by atoms with Crippen LogP contribution in [-0.2, 0) is 0 Å². The number of rotatable bonds is 4. The van der Waals surface area contributed by atoms with E-state index in [1.807, 2.05) is 0 Å². The fraction of sp³-hybridized carbons (Fsp3) is 1.00. The van der Waals surface area contributed by atoms with Crippen LogP contribution in [0, 0.1) is 0 Å². The van der Waals surface area contributed by atoms with E-state index < -0.39 is 0 Å². The first-order valence-corrected chi connectivity index (χ1v) is 6.50. The first kappa shape index (κ1) is 13.0. The van der Waals surface area contributed by atoms with E-state index in [2.05, 4.69) is 45.0 Å². The maximum atomic E-state index is 3.73. The van der Waals surface area contributed by atoms with Crippen molar-refractivity contribution in [3.8, 4) is 0 Å². The Morgan fingerprint density at radius 2 is 1.67 bits per heavy atom. The Kier molecular flexibility index (Phi) is 5.07. The minimum atomic E-state index is 0.608. The van der Waals surface area contributed by atoms with Crippen LogP contribution in [0.15, 0.2) is 0 Å². The van der Waals surface area contributed by atoms with Crippen LogP contribution in [-0.4, -0.2) is 36.1 Å². The van der Waals surface area contributed by atoms with Gasteiger partial charge in [-0.3, -0.25) is 4.90 Å². The molecule has 2 heteroatoms. The summed E-state index contributed by atoms with van der Waals surface area (Å²) in [5, 5.41) is 3.73. The van der Waals surface area contributed by atoms with Crippen LogP contribution in [0.4, 0.5) is 0 Å². The van der Waals surface area contributed by atoms with Crippen molar-refractivity contribution in [1.29, 1.82) is 0 Å². The van der Waals surface area contributed by atoms with E-state index in [0.717, 1.165) is 6.04 Å². The highest BCUT2D eigenvalue weighted by Crippen LogP contribution is 2.24. The minimum absolute atomic E-state index is 0.608. The summed E-state index contributed by atoms with van der Waals surface area (Å²) in [5.74, 6) is 0. The average Bonchev–Trinajstić information content (AvgIpc) is 2.16. The van der Waals surface area contributed by atoms with Crippen LogP contribution in [0.5, 0.6) is 0 Å². The molecule has 1 aliphatic rings. The van der Waals surface area contributed by atoms with Crippen molar-refractivity contribution in [1.82, 2.24) is 10.2 Å². The number of nitrogens with zero attached hydrogens (tertiary/aromatic N) is 1. The molecule has 0 amide bonds. The molecule has 1 rings (SSSR count). The first-order chi connectivity index (χ1) is 7.02. The molecule has 0 heterocycles. The fourth-order valence-corrected chi connectivity index (χ4v) is 2.60. The first-order valence-electron chi connectivity index (χ1n) is 6.50. The largest absolute Gasteiger partial charge is 0.310 e. The van der Waals surface area contributed by atoms with Crippen LogP contribution in [0.25, 0.3) is 0 Å². The van der Waals surface area contributed by atoms with Gasteiger partial charge in [-0.15, -0.1) is 0 Å². The van der Waals surface area contributed by atoms with Crippen LogP contribution in [0.1, 0.15) is 53.4 Å². The van der Waals surface area contributed by atoms with Gasteiger partial charge in [-0.25, -0.2) is 0 Å². The molecule has 2 atom stereocenters. The quantitative estimate of drug-likeness (QED) is 0.770. The molecule has 0 aromatic carbocycles. The van der Waals surface area contributed by atoms with Crippen molar-refractivity contribution in [3.63, 3.8) is 0 Å². The molecule has 2 unspecified atom stereocenters. The summed E-state index contributed by atoms with van der Waals surface area (Å²) in [6.45, 7) is 9.09. The Morgan fingerprint density at radius 1 is 1.07 bits per heavy atom. The molecule has 0 aliphatic heterocycles. The van der Waals surface area contributed by atoms with Crippen molar-refractivity contribution < 1.29 is 0 Å². The van der Waals surface area contributed by atoms with Crippen molar-refractivity contribution in [3.05, 3.63) is 0 Å². The van der Waals surface area contributed by atoms with E-state index in [1.54, 1.807) is 0 Å². The number of hydrogen-bond acceptors (Lipinski definition) is 2. The van der Waals surface area contributed by atoms with Gasteiger partial charge in [0.05, 0.1) is 0 Å². The number of hydrogen-bond donors (Lipinski definition) is 1. The third-order valence-corrected chi connectivity index (χ3v) is 3.61. The van der Waals surface area contributed by atoms with Crippen LogP contribution < -0.4 is 5.32 Å². The summed E-state index contributed by atoms with van der Waals surface area (Å²) in [4.78, 5) is 2.54. The Labute approximate surface area is 95.4 Å². The van der Waals surface area contributed by atoms with E-state index in [0.29, 0.717) is 18.1 Å². The molecule has 15 heavy (non-hydrogen) atoms. The molecule has 0 bridgehead atoms. The zero-order valence-electron chi connectivity index (χ0n) is 11.1. The molecule has 1 fully saturated rings. The van der Waals surface area contributed by atoms with Gasteiger partial charge in [0.25, 0.3) is 0 Å². The van der Waals surface area contributed by atoms with Gasteiger partial charge in [-0.1, -0.05) is 26.7 Å². The van der Waals surface area contributed by atoms with Gasteiger partial charge in [0.1, 0.15) is 0 Å². The Bertz CT molecular complexity index is 177. The lowest BCUT2D eigenvalue weighted by Crippen LogP contribution is -2.53. The standard InChI is InChI=1S/C13H28N2/c1-10(2)14-12-8-6-7-9-13(12)15(5)11(3)4/h10-14H,6-9H2,1-5H3. The van der Waals surface area contributed by atoms with E-state index in [9.17, 15) is 0 Å². The molecule has 1 saturated carbocycles. The van der Waals surface area contributed by atoms with Crippen molar-refractivity contribution >= 4 is 0 Å². The summed E-state index contributed by atoms with van der Waals surface area (Å²) < 4.78 is 0. The van der Waals surface area contributed by atoms with Crippen LogP contribution in [0.3, 0.4) is 0 Å². The van der Waals surface area contributed by atoms with E-state index in [1.165, 1.54) is 25.7 Å². The van der Waals surface area contributed by atoms with Gasteiger partial charge in [0.2, 0.25) is 0 Å². The van der Waals surface area contributed by atoms with Gasteiger partial charge < -0.3 is 5.32 Å². The maximum absolute atomic E-state index is 3.73. The van der Waals surface area contributed by atoms with Gasteiger partial charge in [0.15, 0.2) is 0 Å². The van der Waals surface area contributed by atoms with Crippen LogP contribution >= 0.6 is 0 Å². The second kappa shape index (κ2) is 5.86. The Morgan fingerprint density at radius 3 is 2.20 bits per heavy atom. The van der Waals surface area contributed by atoms with Gasteiger partial charge in [-0.2, -0.15) is 0 Å². The Hall–Kier alpha value is -0.0800. The van der Waals surface area contributed by atoms with Crippen LogP contribution in [0.2, 0.25) is 0 Å². The molecule has 1 aliphatic carbocycles. The molecule has 0 spiro atoms. The highest BCUT2D eigenvalue weighted by Gasteiger charge is 2.29. The minimum Gasteiger partial charge on any atom is -0.310 e. The molecule has 2 nitrogen and oxygen atoms in total. The monoisotopic (exact) mass is 212 g/mol. The number of likely N-dealkylation sites (N-methyl/N-ethyl adjacent to an activating group) is 1. The average molecular weight is 212 g/mol. The molecule has 0 aromatic rings. The third kappa shape index (κ3) is 3.76. The summed E-state index contributed by atoms with van der Waals surface area (Å²) in [6.07, 6.45) is 5.50. The second-order valence-corrected chi connectivity index (χ2v) is 5.54. The predicted octanol–water partition coefficient (Wildman–Crippen LogP) is 2.64. The zero-order valence-corrected chi connectivity index (χ0v) is 11.1. The fourth-order valence-electron chi connectivity index (χ4n) is 2.60. The molecule has 0 radical (unpaired) electrons. The Balaban J connectivity index is 2.56. The lowest BCUT2D eigenvalue weighted by Gasteiger charge is -2.41. The van der Waals surface area contributed by atoms with Crippen molar-refractivity contribution in [2.75, 3.05) is 7.05 Å². The highest BCUT2D eigenvalue weighted by atomic mass is 15.2. The van der Waals surface area contributed by atoms with E-state index in [4.69, 9.17) is 0 Å². The molecule has 1 N–H and O–H groups in total. The van der Waals surface area contributed by atoms with Gasteiger partial charge in [0, 0.05) is 24.2 Å². The topological polar surface area (TPSA) is 15.3 Å². The molecular weight excluding hydrogens is 184 g/mol. The smallest absolute Gasteiger partial charge is 0.0249 e. The lowest BCUT2D eigenvalue weighted by atomic mass is 9.88. The SMILES string of the molecule is CC(C)NC1CCCCC1N(C)C(C)C. The summed E-state index contributed by atoms with van der Waals surface area (Å²) in [7, 11) is 2.27. The second-order valence-electron chi connectivity index (χ2n) is 5.54. The zero-order chi connectivity index (χ0) is 11.4.